The smallest absolute Gasteiger partial charge is 0.333 e. The lowest BCUT2D eigenvalue weighted by Gasteiger charge is -2.63. The molecule has 1 aromatic heterocycles. The van der Waals surface area contributed by atoms with Gasteiger partial charge in [-0.1, -0.05) is 33.8 Å². The zero-order valence-corrected chi connectivity index (χ0v) is 24.6. The summed E-state index contributed by atoms with van der Waals surface area (Å²) in [5.74, 6) is -3.03. The predicted molar refractivity (Wildman–Crippen MR) is 144 cm³/mol. The zero-order valence-electron chi connectivity index (χ0n) is 24.6. The third-order valence-electron chi connectivity index (χ3n) is 11.3. The van der Waals surface area contributed by atoms with Crippen LogP contribution < -0.4 is 0 Å². The van der Waals surface area contributed by atoms with Gasteiger partial charge in [-0.3, -0.25) is 9.59 Å². The number of carbonyl (C=O) groups excluding carboxylic acids is 4. The van der Waals surface area contributed by atoms with E-state index < -0.39 is 69.9 Å². The number of hydrogen-bond acceptors (Lipinski definition) is 9. The van der Waals surface area contributed by atoms with Crippen molar-refractivity contribution in [3.05, 3.63) is 47.5 Å². The molecule has 2 aliphatic heterocycles. The van der Waals surface area contributed by atoms with Crippen LogP contribution in [0.3, 0.4) is 0 Å². The molecule has 1 spiro atoms. The lowest BCUT2D eigenvalue weighted by molar-refractivity contribution is -0.202. The fourth-order valence-corrected chi connectivity index (χ4v) is 9.08. The molecule has 9 heteroatoms. The molecule has 9 nitrogen and oxygen atoms in total. The van der Waals surface area contributed by atoms with Crippen molar-refractivity contribution in [3.63, 3.8) is 0 Å². The van der Waals surface area contributed by atoms with Gasteiger partial charge in [0.15, 0.2) is 0 Å². The maximum atomic E-state index is 14.6. The van der Waals surface area contributed by atoms with E-state index in [1.165, 1.54) is 7.11 Å². The first kappa shape index (κ1) is 27.9. The normalized spacial score (nSPS) is 42.1. The van der Waals surface area contributed by atoms with Gasteiger partial charge in [0.05, 0.1) is 25.6 Å². The molecule has 3 heterocycles. The minimum Gasteiger partial charge on any atom is -0.472 e. The minimum atomic E-state index is -0.997. The Kier molecular flexibility index (Phi) is 6.07. The number of Topliss-reactive ketones (excluding diaryl/α,β-unsaturated/α-hetero) is 1. The highest BCUT2D eigenvalue weighted by molar-refractivity contribution is 5.95. The van der Waals surface area contributed by atoms with E-state index in [1.54, 1.807) is 44.6 Å². The van der Waals surface area contributed by atoms with Gasteiger partial charge in [0.2, 0.25) is 0 Å². The quantitative estimate of drug-likeness (QED) is 0.217. The van der Waals surface area contributed by atoms with Gasteiger partial charge < -0.3 is 23.4 Å². The first-order valence-corrected chi connectivity index (χ1v) is 14.4. The zero-order chi connectivity index (χ0) is 29.7. The van der Waals surface area contributed by atoms with Crippen molar-refractivity contribution in [1.82, 2.24) is 0 Å². The lowest BCUT2D eigenvalue weighted by atomic mass is 9.38. The number of epoxide rings is 1. The fraction of sp³-hybridized carbons (Fsp3) is 0.625. The van der Waals surface area contributed by atoms with Gasteiger partial charge >= 0.3 is 17.9 Å². The Bertz CT molecular complexity index is 1390. The lowest BCUT2D eigenvalue weighted by Crippen LogP contribution is -2.71. The van der Waals surface area contributed by atoms with Crippen molar-refractivity contribution in [2.24, 2.45) is 34.0 Å². The van der Waals surface area contributed by atoms with Crippen LogP contribution in [0.15, 0.2) is 46.3 Å². The Hall–Kier alpha value is -3.20. The second kappa shape index (κ2) is 8.90. The van der Waals surface area contributed by atoms with E-state index >= 15 is 0 Å². The number of ketones is 1. The van der Waals surface area contributed by atoms with E-state index in [4.69, 9.17) is 23.4 Å². The number of esters is 3. The molecule has 1 saturated heterocycles. The average Bonchev–Trinajstić information content (AvgIpc) is 3.39. The SMILES string of the molecule is CC=C(C)C(=O)O[C@@H]1[C@H]2C(=O)[C@](C)([C@H]3CC[C@]4(C)C(=CC(=O)O[C@H]4c4ccoc4)[C@]34O[C@H]24)[C@@H](CC(=O)OC)C1(C)C. The third kappa shape index (κ3) is 3.50. The molecule has 3 saturated carbocycles. The molecular formula is C32H38O9. The summed E-state index contributed by atoms with van der Waals surface area (Å²) in [4.78, 5) is 53.7. The molecule has 6 rings (SSSR count). The van der Waals surface area contributed by atoms with Crippen molar-refractivity contribution in [2.45, 2.75) is 84.7 Å². The van der Waals surface area contributed by atoms with E-state index in [9.17, 15) is 19.2 Å². The topological polar surface area (TPSA) is 122 Å². The predicted octanol–water partition coefficient (Wildman–Crippen LogP) is 4.66. The maximum absolute atomic E-state index is 14.6. The Morgan fingerprint density at radius 2 is 1.90 bits per heavy atom. The van der Waals surface area contributed by atoms with Crippen LogP contribution >= 0.6 is 0 Å². The molecule has 0 aromatic carbocycles. The molecule has 220 valence electrons. The summed E-state index contributed by atoms with van der Waals surface area (Å²) in [6.45, 7) is 11.4. The third-order valence-corrected chi connectivity index (χ3v) is 11.3. The summed E-state index contributed by atoms with van der Waals surface area (Å²) < 4.78 is 29.2. The number of rotatable bonds is 5. The van der Waals surface area contributed by atoms with Gasteiger partial charge in [-0.15, -0.1) is 0 Å². The standard InChI is InChI=1S/C32H38O9/c1-8-16(2)28(36)40-26-23-24(35)31(6,19(29(26,3)4)13-21(33)37-7)18-9-11-30(5)20(32(18)27(23)41-32)14-22(34)39-25(30)17-10-12-38-15-17/h8,10,12,14-15,18-19,23,25-27H,9,11,13H2,1-7H3/t18-,19+,23-,25+,26-,27-,30-,31-,32-/m1/s1. The largest absolute Gasteiger partial charge is 0.472 e. The van der Waals surface area contributed by atoms with Crippen LogP contribution in [0.2, 0.25) is 0 Å². The highest BCUT2D eigenvalue weighted by Gasteiger charge is 2.84. The summed E-state index contributed by atoms with van der Waals surface area (Å²) >= 11 is 0. The van der Waals surface area contributed by atoms with Crippen molar-refractivity contribution in [3.8, 4) is 0 Å². The van der Waals surface area contributed by atoms with Gasteiger partial charge in [-0.25, -0.2) is 9.59 Å². The molecule has 41 heavy (non-hydrogen) atoms. The highest BCUT2D eigenvalue weighted by Crippen LogP contribution is 2.76. The molecule has 1 aromatic rings. The number of allylic oxidation sites excluding steroid dienone is 1. The second-order valence-corrected chi connectivity index (χ2v) is 13.4. The molecule has 0 unspecified atom stereocenters. The molecule has 3 aliphatic carbocycles. The average molecular weight is 567 g/mol. The minimum absolute atomic E-state index is 0.0115. The maximum Gasteiger partial charge on any atom is 0.333 e. The van der Waals surface area contributed by atoms with E-state index in [0.29, 0.717) is 18.4 Å². The number of fused-ring (bicyclic) bond motifs is 5. The molecule has 9 atom stereocenters. The van der Waals surface area contributed by atoms with Gasteiger partial charge in [0.1, 0.15) is 29.7 Å². The first-order chi connectivity index (χ1) is 19.3. The van der Waals surface area contributed by atoms with Crippen molar-refractivity contribution >= 4 is 23.7 Å². The van der Waals surface area contributed by atoms with Crippen LogP contribution in [-0.4, -0.2) is 48.6 Å². The molecule has 0 radical (unpaired) electrons. The van der Waals surface area contributed by atoms with E-state index in [0.717, 1.165) is 11.1 Å². The Labute approximate surface area is 239 Å². The molecule has 2 bridgehead atoms. The van der Waals surface area contributed by atoms with Crippen LogP contribution in [0.1, 0.15) is 72.5 Å². The summed E-state index contributed by atoms with van der Waals surface area (Å²) in [5.41, 5.74) is -1.29. The summed E-state index contributed by atoms with van der Waals surface area (Å²) in [7, 11) is 1.33. The molecule has 5 aliphatic rings. The Balaban J connectivity index is 1.51. The van der Waals surface area contributed by atoms with Gasteiger partial charge in [-0.2, -0.15) is 0 Å². The fourth-order valence-electron chi connectivity index (χ4n) is 9.08. The van der Waals surface area contributed by atoms with Crippen molar-refractivity contribution in [1.29, 1.82) is 0 Å². The van der Waals surface area contributed by atoms with Gasteiger partial charge in [-0.05, 0) is 44.2 Å². The molecular weight excluding hydrogens is 528 g/mol. The van der Waals surface area contributed by atoms with Gasteiger partial charge in [0.25, 0.3) is 0 Å². The van der Waals surface area contributed by atoms with E-state index in [1.807, 2.05) is 20.8 Å². The van der Waals surface area contributed by atoms with Crippen LogP contribution in [0.5, 0.6) is 0 Å². The number of furan rings is 1. The Morgan fingerprint density at radius 1 is 1.17 bits per heavy atom. The van der Waals surface area contributed by atoms with Crippen LogP contribution in [0.4, 0.5) is 0 Å². The number of carbonyl (C=O) groups is 4. The number of cyclic esters (lactones) is 1. The second-order valence-electron chi connectivity index (χ2n) is 13.4. The monoisotopic (exact) mass is 566 g/mol. The van der Waals surface area contributed by atoms with Crippen molar-refractivity contribution in [2.75, 3.05) is 7.11 Å². The number of ether oxygens (including phenoxy) is 4. The van der Waals surface area contributed by atoms with Crippen molar-refractivity contribution < 1.29 is 42.5 Å². The summed E-state index contributed by atoms with van der Waals surface area (Å²) in [6, 6.07) is 1.80. The summed E-state index contributed by atoms with van der Waals surface area (Å²) in [6.07, 6.45) is 5.62. The van der Waals surface area contributed by atoms with E-state index in [-0.39, 0.29) is 18.1 Å². The number of hydrogen-bond donors (Lipinski definition) is 0. The highest BCUT2D eigenvalue weighted by atomic mass is 16.6. The van der Waals surface area contributed by atoms with Crippen LogP contribution in [-0.2, 0) is 38.1 Å². The van der Waals surface area contributed by atoms with Gasteiger partial charge in [0, 0.05) is 45.8 Å². The van der Waals surface area contributed by atoms with Crippen LogP contribution in [0, 0.1) is 34.0 Å². The van der Waals surface area contributed by atoms with Crippen LogP contribution in [0.25, 0.3) is 0 Å². The molecule has 0 N–H and O–H groups in total. The first-order valence-electron chi connectivity index (χ1n) is 14.4. The Morgan fingerprint density at radius 3 is 2.54 bits per heavy atom. The van der Waals surface area contributed by atoms with E-state index in [2.05, 4.69) is 6.92 Å². The molecule has 4 fully saturated rings. The molecule has 0 amide bonds. The summed E-state index contributed by atoms with van der Waals surface area (Å²) in [5, 5.41) is 0. The number of methoxy groups -OCH3 is 1.